The van der Waals surface area contributed by atoms with Gasteiger partial charge in [-0.1, -0.05) is 17.4 Å². The highest BCUT2D eigenvalue weighted by molar-refractivity contribution is 7.22. The van der Waals surface area contributed by atoms with Crippen LogP contribution >= 0.6 is 11.3 Å². The molecule has 3 aromatic rings. The second-order valence-corrected chi connectivity index (χ2v) is 7.96. The number of thiazole rings is 1. The molecule has 1 amide bonds. The Bertz CT molecular complexity index is 1130. The SMILES string of the molecule is O=C(c1cccc([N+](=O)[O-])c1)N(CCN1CCOCC1)c1nc2c(F)cc(F)cc2s1. The van der Waals surface area contributed by atoms with E-state index in [0.717, 1.165) is 23.5 Å². The lowest BCUT2D eigenvalue weighted by Crippen LogP contribution is -2.43. The van der Waals surface area contributed by atoms with E-state index in [0.29, 0.717) is 32.8 Å². The summed E-state index contributed by atoms with van der Waals surface area (Å²) in [5, 5.41) is 11.3. The number of nitrogens with zero attached hydrogens (tertiary/aromatic N) is 4. The number of morpholine rings is 1. The maximum absolute atomic E-state index is 14.2. The Hall–Kier alpha value is -3.02. The average molecular weight is 448 g/mol. The van der Waals surface area contributed by atoms with Gasteiger partial charge in [0.25, 0.3) is 11.6 Å². The third-order valence-corrected chi connectivity index (χ3v) is 5.95. The van der Waals surface area contributed by atoms with Gasteiger partial charge in [0.2, 0.25) is 0 Å². The van der Waals surface area contributed by atoms with Gasteiger partial charge in [0, 0.05) is 49.9 Å². The van der Waals surface area contributed by atoms with E-state index in [-0.39, 0.29) is 33.1 Å². The van der Waals surface area contributed by atoms with E-state index in [1.165, 1.54) is 29.2 Å². The number of amides is 1. The average Bonchev–Trinajstić information content (AvgIpc) is 3.18. The maximum atomic E-state index is 14.2. The number of hydrogen-bond acceptors (Lipinski definition) is 7. The van der Waals surface area contributed by atoms with Crippen molar-refractivity contribution in [3.05, 3.63) is 63.7 Å². The van der Waals surface area contributed by atoms with Crippen molar-refractivity contribution < 1.29 is 23.2 Å². The molecule has 162 valence electrons. The van der Waals surface area contributed by atoms with Crippen molar-refractivity contribution in [2.75, 3.05) is 44.3 Å². The second-order valence-electron chi connectivity index (χ2n) is 6.95. The fraction of sp³-hybridized carbons (Fsp3) is 0.300. The van der Waals surface area contributed by atoms with Crippen molar-refractivity contribution in [3.63, 3.8) is 0 Å². The molecule has 11 heteroatoms. The number of hydrogen-bond donors (Lipinski definition) is 0. The Balaban J connectivity index is 1.68. The molecule has 8 nitrogen and oxygen atoms in total. The van der Waals surface area contributed by atoms with E-state index in [4.69, 9.17) is 4.74 Å². The van der Waals surface area contributed by atoms with Gasteiger partial charge in [-0.05, 0) is 12.1 Å². The fourth-order valence-electron chi connectivity index (χ4n) is 3.32. The summed E-state index contributed by atoms with van der Waals surface area (Å²) in [7, 11) is 0. The summed E-state index contributed by atoms with van der Waals surface area (Å²) in [6, 6.07) is 7.30. The Morgan fingerprint density at radius 2 is 2.03 bits per heavy atom. The summed E-state index contributed by atoms with van der Waals surface area (Å²) in [5.74, 6) is -2.05. The zero-order valence-corrected chi connectivity index (χ0v) is 17.1. The zero-order valence-electron chi connectivity index (χ0n) is 16.3. The lowest BCUT2D eigenvalue weighted by molar-refractivity contribution is -0.384. The monoisotopic (exact) mass is 448 g/mol. The molecule has 2 heterocycles. The van der Waals surface area contributed by atoms with E-state index in [1.54, 1.807) is 0 Å². The number of fused-ring (bicyclic) bond motifs is 1. The molecule has 4 rings (SSSR count). The summed E-state index contributed by atoms with van der Waals surface area (Å²) in [5.41, 5.74) is -0.122. The van der Waals surface area contributed by atoms with Crippen molar-refractivity contribution >= 4 is 38.3 Å². The highest BCUT2D eigenvalue weighted by atomic mass is 32.1. The molecule has 0 spiro atoms. The van der Waals surface area contributed by atoms with Crippen LogP contribution in [0.2, 0.25) is 0 Å². The number of aromatic nitrogens is 1. The maximum Gasteiger partial charge on any atom is 0.270 e. The molecule has 0 radical (unpaired) electrons. The second kappa shape index (κ2) is 9.00. The Labute approximate surface area is 179 Å². The van der Waals surface area contributed by atoms with Crippen molar-refractivity contribution in [1.29, 1.82) is 0 Å². The van der Waals surface area contributed by atoms with E-state index in [2.05, 4.69) is 9.88 Å². The molecule has 31 heavy (non-hydrogen) atoms. The molecule has 1 fully saturated rings. The first-order valence-electron chi connectivity index (χ1n) is 9.54. The van der Waals surface area contributed by atoms with E-state index < -0.39 is 22.5 Å². The Kier molecular flexibility index (Phi) is 6.16. The predicted molar refractivity (Wildman–Crippen MR) is 112 cm³/mol. The number of anilines is 1. The van der Waals surface area contributed by atoms with Gasteiger partial charge in [-0.25, -0.2) is 13.8 Å². The minimum Gasteiger partial charge on any atom is -0.379 e. The molecule has 0 unspecified atom stereocenters. The van der Waals surface area contributed by atoms with Crippen LogP contribution in [-0.2, 0) is 4.74 Å². The largest absolute Gasteiger partial charge is 0.379 e. The van der Waals surface area contributed by atoms with Crippen LogP contribution in [0.1, 0.15) is 10.4 Å². The minimum atomic E-state index is -0.812. The Morgan fingerprint density at radius 1 is 1.26 bits per heavy atom. The zero-order chi connectivity index (χ0) is 22.0. The van der Waals surface area contributed by atoms with Gasteiger partial charge in [-0.15, -0.1) is 0 Å². The van der Waals surface area contributed by atoms with Crippen LogP contribution in [0, 0.1) is 21.7 Å². The highest BCUT2D eigenvalue weighted by Gasteiger charge is 2.25. The predicted octanol–water partition coefficient (Wildman–Crippen LogP) is 3.46. The van der Waals surface area contributed by atoms with Crippen LogP contribution in [-0.4, -0.2) is 60.1 Å². The van der Waals surface area contributed by atoms with Crippen LogP contribution in [0.3, 0.4) is 0 Å². The molecular formula is C20H18F2N4O4S. The van der Waals surface area contributed by atoms with Gasteiger partial charge in [0.1, 0.15) is 11.3 Å². The molecule has 2 aromatic carbocycles. The quantitative estimate of drug-likeness (QED) is 0.424. The number of nitro benzene ring substituents is 1. The normalized spacial score (nSPS) is 14.6. The van der Waals surface area contributed by atoms with Gasteiger partial charge in [0.05, 0.1) is 22.8 Å². The summed E-state index contributed by atoms with van der Waals surface area (Å²) in [6.45, 7) is 3.33. The molecule has 0 atom stereocenters. The highest BCUT2D eigenvalue weighted by Crippen LogP contribution is 2.32. The first-order chi connectivity index (χ1) is 14.9. The van der Waals surface area contributed by atoms with Crippen LogP contribution in [0.15, 0.2) is 36.4 Å². The fourth-order valence-corrected chi connectivity index (χ4v) is 4.35. The number of benzene rings is 2. The lowest BCUT2D eigenvalue weighted by atomic mass is 10.2. The molecule has 0 aliphatic carbocycles. The van der Waals surface area contributed by atoms with E-state index >= 15 is 0 Å². The number of ether oxygens (including phenoxy) is 1. The number of rotatable bonds is 6. The molecule has 1 aliphatic heterocycles. The number of carbonyl (C=O) groups excluding carboxylic acids is 1. The first-order valence-corrected chi connectivity index (χ1v) is 10.4. The minimum absolute atomic E-state index is 0.0235. The van der Waals surface area contributed by atoms with Gasteiger partial charge >= 0.3 is 0 Å². The van der Waals surface area contributed by atoms with Gasteiger partial charge in [-0.3, -0.25) is 24.7 Å². The van der Waals surface area contributed by atoms with Crippen molar-refractivity contribution in [2.24, 2.45) is 0 Å². The van der Waals surface area contributed by atoms with Crippen molar-refractivity contribution in [1.82, 2.24) is 9.88 Å². The third kappa shape index (κ3) is 4.68. The molecule has 0 saturated carbocycles. The molecule has 0 N–H and O–H groups in total. The van der Waals surface area contributed by atoms with Crippen molar-refractivity contribution in [2.45, 2.75) is 0 Å². The molecule has 1 saturated heterocycles. The summed E-state index contributed by atoms with van der Waals surface area (Å²) in [4.78, 5) is 31.5. The number of carbonyl (C=O) groups is 1. The van der Waals surface area contributed by atoms with E-state index in [9.17, 15) is 23.7 Å². The lowest BCUT2D eigenvalue weighted by Gasteiger charge is -2.29. The van der Waals surface area contributed by atoms with E-state index in [1.807, 2.05) is 0 Å². The summed E-state index contributed by atoms with van der Waals surface area (Å²) in [6.07, 6.45) is 0. The van der Waals surface area contributed by atoms with Crippen LogP contribution in [0.5, 0.6) is 0 Å². The van der Waals surface area contributed by atoms with Crippen LogP contribution in [0.4, 0.5) is 19.6 Å². The standard InChI is InChI=1S/C20H18F2N4O4S/c21-14-11-16(22)18-17(12-14)31-20(23-18)25(5-4-24-6-8-30-9-7-24)19(27)13-2-1-3-15(10-13)26(28)29/h1-3,10-12H,4-9H2. The summed E-state index contributed by atoms with van der Waals surface area (Å²) >= 11 is 0.991. The number of nitro groups is 1. The molecule has 0 bridgehead atoms. The summed E-state index contributed by atoms with van der Waals surface area (Å²) < 4.78 is 33.4. The molecule has 1 aromatic heterocycles. The Morgan fingerprint density at radius 3 is 2.77 bits per heavy atom. The van der Waals surface area contributed by atoms with Crippen molar-refractivity contribution in [3.8, 4) is 0 Å². The first kappa shape index (κ1) is 21.2. The van der Waals surface area contributed by atoms with Gasteiger partial charge < -0.3 is 4.74 Å². The number of halogens is 2. The van der Waals surface area contributed by atoms with Gasteiger partial charge in [-0.2, -0.15) is 0 Å². The topological polar surface area (TPSA) is 88.8 Å². The molecular weight excluding hydrogens is 430 g/mol. The van der Waals surface area contributed by atoms with Crippen LogP contribution in [0.25, 0.3) is 10.2 Å². The number of non-ortho nitro benzene ring substituents is 1. The third-order valence-electron chi connectivity index (χ3n) is 4.93. The smallest absolute Gasteiger partial charge is 0.270 e. The van der Waals surface area contributed by atoms with Gasteiger partial charge in [0.15, 0.2) is 10.9 Å². The van der Waals surface area contributed by atoms with Crippen LogP contribution < -0.4 is 4.90 Å². The molecule has 1 aliphatic rings.